The van der Waals surface area contributed by atoms with Crippen LogP contribution in [0.25, 0.3) is 0 Å². The van der Waals surface area contributed by atoms with Crippen LogP contribution in [-0.4, -0.2) is 31.0 Å². The lowest BCUT2D eigenvalue weighted by molar-refractivity contribution is -0.0549. The summed E-state index contributed by atoms with van der Waals surface area (Å²) in [6.07, 6.45) is 3.48. The highest BCUT2D eigenvalue weighted by molar-refractivity contribution is 7.98. The van der Waals surface area contributed by atoms with Gasteiger partial charge in [-0.1, -0.05) is 0 Å². The van der Waals surface area contributed by atoms with Crippen LogP contribution in [0, 0.1) is 0 Å². The smallest absolute Gasteiger partial charge is 0.158 e. The van der Waals surface area contributed by atoms with Crippen molar-refractivity contribution in [2.45, 2.75) is 25.7 Å². The number of hydrogen-bond acceptors (Lipinski definition) is 3. The highest BCUT2D eigenvalue weighted by Crippen LogP contribution is 2.15. The van der Waals surface area contributed by atoms with Gasteiger partial charge in [-0.15, -0.1) is 0 Å². The van der Waals surface area contributed by atoms with Crippen molar-refractivity contribution in [2.24, 2.45) is 0 Å². The topological polar surface area (TPSA) is 18.5 Å². The van der Waals surface area contributed by atoms with E-state index in [4.69, 9.17) is 9.47 Å². The Morgan fingerprint density at radius 1 is 1.60 bits per heavy atom. The third kappa shape index (κ3) is 2.48. The molecule has 0 saturated carbocycles. The average Bonchev–Trinajstić information content (AvgIpc) is 2.31. The Hall–Kier alpha value is 0.270. The summed E-state index contributed by atoms with van der Waals surface area (Å²) in [6, 6.07) is 0. The van der Waals surface area contributed by atoms with E-state index in [9.17, 15) is 0 Å². The Balaban J connectivity index is 2.06. The summed E-state index contributed by atoms with van der Waals surface area (Å²) in [5, 5.41) is 0. The van der Waals surface area contributed by atoms with Crippen molar-refractivity contribution in [2.75, 3.05) is 18.6 Å². The maximum absolute atomic E-state index is 5.43. The monoisotopic (exact) mass is 162 g/mol. The second-order valence-corrected chi connectivity index (χ2v) is 3.48. The van der Waals surface area contributed by atoms with Gasteiger partial charge in [0.2, 0.25) is 0 Å². The lowest BCUT2D eigenvalue weighted by atomic mass is 10.4. The van der Waals surface area contributed by atoms with Crippen LogP contribution in [0.1, 0.15) is 13.3 Å². The van der Waals surface area contributed by atoms with Gasteiger partial charge in [0.15, 0.2) is 6.29 Å². The molecule has 0 bridgehead atoms. The molecule has 1 fully saturated rings. The maximum Gasteiger partial charge on any atom is 0.158 e. The van der Waals surface area contributed by atoms with Crippen molar-refractivity contribution in [3.05, 3.63) is 0 Å². The first-order chi connectivity index (χ1) is 4.83. The van der Waals surface area contributed by atoms with Gasteiger partial charge < -0.3 is 9.47 Å². The summed E-state index contributed by atoms with van der Waals surface area (Å²) in [5.41, 5.74) is 0. The van der Waals surface area contributed by atoms with Gasteiger partial charge in [-0.2, -0.15) is 11.8 Å². The summed E-state index contributed by atoms with van der Waals surface area (Å²) in [7, 11) is 0. The van der Waals surface area contributed by atoms with Crippen molar-refractivity contribution < 1.29 is 9.47 Å². The quantitative estimate of drug-likeness (QED) is 0.626. The SMILES string of the molecule is CSCC[C@H]1OC[C@@H](C)O1. The Morgan fingerprint density at radius 2 is 2.40 bits per heavy atom. The molecule has 1 saturated heterocycles. The highest BCUT2D eigenvalue weighted by Gasteiger charge is 2.21. The molecule has 2 nitrogen and oxygen atoms in total. The Kier molecular flexibility index (Phi) is 3.52. The molecule has 0 radical (unpaired) electrons. The van der Waals surface area contributed by atoms with Gasteiger partial charge in [0.25, 0.3) is 0 Å². The zero-order chi connectivity index (χ0) is 7.40. The molecular formula is C7H14O2S. The van der Waals surface area contributed by atoms with Crippen LogP contribution in [0.2, 0.25) is 0 Å². The summed E-state index contributed by atoms with van der Waals surface area (Å²) in [5.74, 6) is 1.12. The standard InChI is InChI=1S/C7H14O2S/c1-6-5-8-7(9-6)3-4-10-2/h6-7H,3-5H2,1-2H3/t6-,7+/m1/s1. The number of rotatable bonds is 3. The third-order valence-electron chi connectivity index (χ3n) is 1.46. The Labute approximate surface area is 66.3 Å². The lowest BCUT2D eigenvalue weighted by Gasteiger charge is -2.07. The fourth-order valence-electron chi connectivity index (χ4n) is 0.946. The first-order valence-electron chi connectivity index (χ1n) is 3.59. The van der Waals surface area contributed by atoms with Crippen molar-refractivity contribution in [1.29, 1.82) is 0 Å². The molecule has 0 aromatic heterocycles. The van der Waals surface area contributed by atoms with Gasteiger partial charge in [-0.05, 0) is 18.9 Å². The van der Waals surface area contributed by atoms with Gasteiger partial charge in [-0.3, -0.25) is 0 Å². The maximum atomic E-state index is 5.43. The van der Waals surface area contributed by atoms with Crippen LogP contribution in [0.3, 0.4) is 0 Å². The van der Waals surface area contributed by atoms with Crippen molar-refractivity contribution in [3.63, 3.8) is 0 Å². The molecule has 0 amide bonds. The number of hydrogen-bond donors (Lipinski definition) is 0. The molecule has 0 N–H and O–H groups in total. The Bertz CT molecular complexity index is 97.6. The molecule has 10 heavy (non-hydrogen) atoms. The van der Waals surface area contributed by atoms with E-state index in [2.05, 4.69) is 6.26 Å². The normalized spacial score (nSPS) is 33.0. The van der Waals surface area contributed by atoms with Crippen molar-refractivity contribution in [3.8, 4) is 0 Å². The fraction of sp³-hybridized carbons (Fsp3) is 1.00. The van der Waals surface area contributed by atoms with Gasteiger partial charge in [0, 0.05) is 6.42 Å². The van der Waals surface area contributed by atoms with Crippen LogP contribution in [0.4, 0.5) is 0 Å². The molecule has 1 rings (SSSR count). The molecule has 1 heterocycles. The lowest BCUT2D eigenvalue weighted by Crippen LogP contribution is -2.09. The summed E-state index contributed by atoms with van der Waals surface area (Å²) in [6.45, 7) is 2.80. The van der Waals surface area contributed by atoms with Gasteiger partial charge in [0.1, 0.15) is 0 Å². The molecule has 0 spiro atoms. The van der Waals surface area contributed by atoms with E-state index in [0.29, 0.717) is 6.10 Å². The van der Waals surface area contributed by atoms with Crippen molar-refractivity contribution in [1.82, 2.24) is 0 Å². The van der Waals surface area contributed by atoms with E-state index in [1.807, 2.05) is 18.7 Å². The molecule has 1 aliphatic rings. The van der Waals surface area contributed by atoms with E-state index < -0.39 is 0 Å². The molecular weight excluding hydrogens is 148 g/mol. The molecule has 2 atom stereocenters. The zero-order valence-electron chi connectivity index (χ0n) is 6.50. The average molecular weight is 162 g/mol. The molecule has 60 valence electrons. The van der Waals surface area contributed by atoms with Crippen LogP contribution in [0.15, 0.2) is 0 Å². The van der Waals surface area contributed by atoms with Crippen LogP contribution < -0.4 is 0 Å². The second-order valence-electron chi connectivity index (χ2n) is 2.49. The summed E-state index contributed by atoms with van der Waals surface area (Å²) in [4.78, 5) is 0. The molecule has 3 heteroatoms. The van der Waals surface area contributed by atoms with E-state index >= 15 is 0 Å². The van der Waals surface area contributed by atoms with Gasteiger partial charge in [0.05, 0.1) is 12.7 Å². The molecule has 0 aliphatic carbocycles. The third-order valence-corrected chi connectivity index (χ3v) is 2.10. The predicted molar refractivity (Wildman–Crippen MR) is 43.3 cm³/mol. The minimum atomic E-state index is 0.0717. The Morgan fingerprint density at radius 3 is 2.90 bits per heavy atom. The summed E-state index contributed by atoms with van der Waals surface area (Å²) < 4.78 is 10.8. The van der Waals surface area contributed by atoms with Gasteiger partial charge in [-0.25, -0.2) is 0 Å². The highest BCUT2D eigenvalue weighted by atomic mass is 32.2. The van der Waals surface area contributed by atoms with E-state index in [1.165, 1.54) is 0 Å². The summed E-state index contributed by atoms with van der Waals surface area (Å²) >= 11 is 1.83. The number of thioether (sulfide) groups is 1. The van der Waals surface area contributed by atoms with E-state index in [1.54, 1.807) is 0 Å². The fourth-order valence-corrected chi connectivity index (χ4v) is 1.37. The molecule has 0 unspecified atom stereocenters. The van der Waals surface area contributed by atoms with Crippen LogP contribution in [0.5, 0.6) is 0 Å². The molecule has 0 aromatic carbocycles. The van der Waals surface area contributed by atoms with Crippen LogP contribution in [-0.2, 0) is 9.47 Å². The minimum Gasteiger partial charge on any atom is -0.350 e. The molecule has 0 aromatic rings. The first kappa shape index (κ1) is 8.37. The van der Waals surface area contributed by atoms with Gasteiger partial charge >= 0.3 is 0 Å². The zero-order valence-corrected chi connectivity index (χ0v) is 7.32. The van der Waals surface area contributed by atoms with E-state index in [0.717, 1.165) is 18.8 Å². The largest absolute Gasteiger partial charge is 0.350 e. The molecule has 1 aliphatic heterocycles. The predicted octanol–water partition coefficient (Wildman–Crippen LogP) is 1.50. The van der Waals surface area contributed by atoms with Crippen LogP contribution >= 0.6 is 11.8 Å². The second kappa shape index (κ2) is 4.21. The number of ether oxygens (including phenoxy) is 2. The van der Waals surface area contributed by atoms with E-state index in [-0.39, 0.29) is 6.29 Å². The van der Waals surface area contributed by atoms with Crippen molar-refractivity contribution >= 4 is 11.8 Å². The minimum absolute atomic E-state index is 0.0717. The first-order valence-corrected chi connectivity index (χ1v) is 4.98.